The smallest absolute Gasteiger partial charge is 0.324 e. The minimum Gasteiger partial charge on any atom is -0.462 e. The van der Waals surface area contributed by atoms with E-state index in [0.717, 1.165) is 12.8 Å². The third-order valence-electron chi connectivity index (χ3n) is 3.44. The largest absolute Gasteiger partial charge is 0.462 e. The van der Waals surface area contributed by atoms with Crippen LogP contribution in [0, 0.1) is 5.41 Å². The van der Waals surface area contributed by atoms with Crippen LogP contribution in [0.5, 0.6) is 0 Å². The summed E-state index contributed by atoms with van der Waals surface area (Å²) in [7, 11) is 0. The molecule has 114 valence electrons. The van der Waals surface area contributed by atoms with Gasteiger partial charge in [0.2, 0.25) is 0 Å². The average Bonchev–Trinajstić information content (AvgIpc) is 3.13. The maximum Gasteiger partial charge on any atom is 0.324 e. The van der Waals surface area contributed by atoms with E-state index in [1.807, 2.05) is 0 Å². The molecule has 0 bridgehead atoms. The molecule has 0 heterocycles. The standard InChI is InChI=1S/C14H20Cl2O4/c1-4-14(5-2,13(18)20-10-6-7-10)12(17)19-9(3)8-11(15)16/h8-10H,4-7H2,1-3H3. The summed E-state index contributed by atoms with van der Waals surface area (Å²) in [5.74, 6) is -1.09. The number of hydrogen-bond acceptors (Lipinski definition) is 4. The summed E-state index contributed by atoms with van der Waals surface area (Å²) in [5, 5.41) is 0. The zero-order chi connectivity index (χ0) is 15.3. The molecule has 0 radical (unpaired) electrons. The van der Waals surface area contributed by atoms with Crippen molar-refractivity contribution in [2.24, 2.45) is 5.41 Å². The summed E-state index contributed by atoms with van der Waals surface area (Å²) in [4.78, 5) is 24.6. The lowest BCUT2D eigenvalue weighted by molar-refractivity contribution is -0.175. The van der Waals surface area contributed by atoms with Crippen molar-refractivity contribution >= 4 is 35.1 Å². The Bertz CT molecular complexity index is 394. The van der Waals surface area contributed by atoms with Crippen molar-refractivity contribution in [3.8, 4) is 0 Å². The molecule has 0 aromatic carbocycles. The lowest BCUT2D eigenvalue weighted by Crippen LogP contribution is -2.42. The molecule has 0 aliphatic heterocycles. The zero-order valence-electron chi connectivity index (χ0n) is 11.9. The third-order valence-corrected chi connectivity index (χ3v) is 3.69. The van der Waals surface area contributed by atoms with Gasteiger partial charge in [0.25, 0.3) is 0 Å². The van der Waals surface area contributed by atoms with Crippen molar-refractivity contribution < 1.29 is 19.1 Å². The van der Waals surface area contributed by atoms with Crippen LogP contribution in [0.25, 0.3) is 0 Å². The van der Waals surface area contributed by atoms with Crippen LogP contribution < -0.4 is 0 Å². The van der Waals surface area contributed by atoms with Gasteiger partial charge in [-0.25, -0.2) is 0 Å². The predicted molar refractivity (Wildman–Crippen MR) is 77.5 cm³/mol. The van der Waals surface area contributed by atoms with Gasteiger partial charge in [-0.05, 0) is 38.7 Å². The van der Waals surface area contributed by atoms with Crippen molar-refractivity contribution in [2.45, 2.75) is 58.7 Å². The van der Waals surface area contributed by atoms with E-state index in [1.165, 1.54) is 6.08 Å². The number of carbonyl (C=O) groups is 2. The molecule has 0 N–H and O–H groups in total. The van der Waals surface area contributed by atoms with Crippen LogP contribution in [0.1, 0.15) is 46.5 Å². The minimum atomic E-state index is -1.25. The summed E-state index contributed by atoms with van der Waals surface area (Å²) in [6.07, 6.45) is 3.15. The SMILES string of the molecule is CCC(CC)(C(=O)OC(C)C=C(Cl)Cl)C(=O)OC1CC1. The van der Waals surface area contributed by atoms with E-state index in [9.17, 15) is 9.59 Å². The molecular formula is C14H20Cl2O4. The van der Waals surface area contributed by atoms with Crippen LogP contribution in [0.15, 0.2) is 10.6 Å². The summed E-state index contributed by atoms with van der Waals surface area (Å²) in [6.45, 7) is 5.17. The normalized spacial score (nSPS) is 16.2. The molecule has 1 aliphatic rings. The highest BCUT2D eigenvalue weighted by Crippen LogP contribution is 2.34. The van der Waals surface area contributed by atoms with Gasteiger partial charge in [-0.2, -0.15) is 0 Å². The number of carbonyl (C=O) groups excluding carboxylic acids is 2. The second-order valence-corrected chi connectivity index (χ2v) is 5.97. The molecule has 0 aromatic heterocycles. The quantitative estimate of drug-likeness (QED) is 0.529. The fourth-order valence-electron chi connectivity index (χ4n) is 1.85. The summed E-state index contributed by atoms with van der Waals surface area (Å²) in [6, 6.07) is 0. The predicted octanol–water partition coefficient (Wildman–Crippen LogP) is 3.75. The molecule has 1 saturated carbocycles. The summed E-state index contributed by atoms with van der Waals surface area (Å²) in [5.41, 5.74) is -1.25. The van der Waals surface area contributed by atoms with Gasteiger partial charge in [-0.15, -0.1) is 0 Å². The Morgan fingerprint density at radius 3 is 2.20 bits per heavy atom. The number of hydrogen-bond donors (Lipinski definition) is 0. The van der Waals surface area contributed by atoms with Gasteiger partial charge < -0.3 is 9.47 Å². The highest BCUT2D eigenvalue weighted by Gasteiger charge is 2.48. The highest BCUT2D eigenvalue weighted by molar-refractivity contribution is 6.55. The Labute approximate surface area is 129 Å². The van der Waals surface area contributed by atoms with Gasteiger partial charge in [-0.3, -0.25) is 9.59 Å². The second kappa shape index (κ2) is 7.32. The second-order valence-electron chi connectivity index (χ2n) is 4.96. The number of rotatable bonds is 7. The first kappa shape index (κ1) is 17.3. The average molecular weight is 323 g/mol. The van der Waals surface area contributed by atoms with E-state index in [2.05, 4.69) is 0 Å². The van der Waals surface area contributed by atoms with E-state index in [1.54, 1.807) is 20.8 Å². The fourth-order valence-corrected chi connectivity index (χ4v) is 2.21. The van der Waals surface area contributed by atoms with Crippen LogP contribution in [-0.4, -0.2) is 24.1 Å². The van der Waals surface area contributed by atoms with Gasteiger partial charge in [0.1, 0.15) is 16.7 Å². The third kappa shape index (κ3) is 4.38. The van der Waals surface area contributed by atoms with Crippen LogP contribution in [0.3, 0.4) is 0 Å². The van der Waals surface area contributed by atoms with Crippen LogP contribution >= 0.6 is 23.2 Å². The van der Waals surface area contributed by atoms with Crippen LogP contribution in [-0.2, 0) is 19.1 Å². The Morgan fingerprint density at radius 1 is 1.25 bits per heavy atom. The molecule has 0 amide bonds. The minimum absolute atomic E-state index is 0.0180. The van der Waals surface area contributed by atoms with Crippen LogP contribution in [0.2, 0.25) is 0 Å². The first-order valence-corrected chi connectivity index (χ1v) is 7.56. The van der Waals surface area contributed by atoms with Crippen molar-refractivity contribution in [2.75, 3.05) is 0 Å². The summed E-state index contributed by atoms with van der Waals surface area (Å²) < 4.78 is 10.5. The molecule has 1 unspecified atom stereocenters. The Hall–Kier alpha value is -0.740. The molecule has 1 atom stereocenters. The van der Waals surface area contributed by atoms with Crippen molar-refractivity contribution in [1.29, 1.82) is 0 Å². The number of halogens is 2. The van der Waals surface area contributed by atoms with Crippen molar-refractivity contribution in [3.63, 3.8) is 0 Å². The molecule has 20 heavy (non-hydrogen) atoms. The van der Waals surface area contributed by atoms with Crippen molar-refractivity contribution in [3.05, 3.63) is 10.6 Å². The Kier molecular flexibility index (Phi) is 6.34. The van der Waals surface area contributed by atoms with Gasteiger partial charge in [0, 0.05) is 0 Å². The zero-order valence-corrected chi connectivity index (χ0v) is 13.5. The lowest BCUT2D eigenvalue weighted by Gasteiger charge is -2.28. The molecule has 1 rings (SSSR count). The number of esters is 2. The maximum atomic E-state index is 12.3. The number of ether oxygens (including phenoxy) is 2. The van der Waals surface area contributed by atoms with E-state index >= 15 is 0 Å². The first-order valence-electron chi connectivity index (χ1n) is 6.80. The molecule has 6 heteroatoms. The van der Waals surface area contributed by atoms with Gasteiger partial charge >= 0.3 is 11.9 Å². The highest BCUT2D eigenvalue weighted by atomic mass is 35.5. The van der Waals surface area contributed by atoms with Gasteiger partial charge in [0.15, 0.2) is 5.41 Å². The van der Waals surface area contributed by atoms with Crippen molar-refractivity contribution in [1.82, 2.24) is 0 Å². The molecule has 0 spiro atoms. The molecule has 4 nitrogen and oxygen atoms in total. The molecule has 0 aromatic rings. The maximum absolute atomic E-state index is 12.3. The Balaban J connectivity index is 2.79. The van der Waals surface area contributed by atoms with E-state index in [4.69, 9.17) is 32.7 Å². The van der Waals surface area contributed by atoms with E-state index in [0.29, 0.717) is 12.8 Å². The van der Waals surface area contributed by atoms with Gasteiger partial charge in [0.05, 0.1) is 0 Å². The van der Waals surface area contributed by atoms with Crippen LogP contribution in [0.4, 0.5) is 0 Å². The monoisotopic (exact) mass is 322 g/mol. The first-order chi connectivity index (χ1) is 9.35. The Morgan fingerprint density at radius 2 is 1.80 bits per heavy atom. The van der Waals surface area contributed by atoms with Gasteiger partial charge in [-0.1, -0.05) is 37.0 Å². The lowest BCUT2D eigenvalue weighted by atomic mass is 9.82. The molecular weight excluding hydrogens is 303 g/mol. The topological polar surface area (TPSA) is 52.6 Å². The molecule has 0 saturated heterocycles. The van der Waals surface area contributed by atoms with E-state index < -0.39 is 23.5 Å². The molecule has 1 aliphatic carbocycles. The fraction of sp³-hybridized carbons (Fsp3) is 0.714. The molecule has 1 fully saturated rings. The summed E-state index contributed by atoms with van der Waals surface area (Å²) >= 11 is 11.0. The van der Waals surface area contributed by atoms with E-state index in [-0.39, 0.29) is 10.6 Å².